The van der Waals surface area contributed by atoms with Crippen molar-refractivity contribution < 1.29 is 9.53 Å². The van der Waals surface area contributed by atoms with E-state index in [0.29, 0.717) is 18.0 Å². The van der Waals surface area contributed by atoms with Crippen LogP contribution < -0.4 is 10.1 Å². The molecule has 6 nitrogen and oxygen atoms in total. The van der Waals surface area contributed by atoms with Gasteiger partial charge >= 0.3 is 0 Å². The lowest BCUT2D eigenvalue weighted by Gasteiger charge is -2.10. The molecule has 1 amide bonds. The molecule has 1 N–H and O–H groups in total. The van der Waals surface area contributed by atoms with Crippen molar-refractivity contribution in [2.75, 3.05) is 19.4 Å². The Labute approximate surface area is 149 Å². The number of pyridine rings is 1. The van der Waals surface area contributed by atoms with Gasteiger partial charge in [-0.15, -0.1) is 10.2 Å². The van der Waals surface area contributed by atoms with E-state index in [-0.39, 0.29) is 5.91 Å². The highest BCUT2D eigenvalue weighted by atomic mass is 32.2. The minimum atomic E-state index is -0.120. The zero-order valence-corrected chi connectivity index (χ0v) is 15.4. The molecule has 128 valence electrons. The predicted molar refractivity (Wildman–Crippen MR) is 95.1 cm³/mol. The Kier molecular flexibility index (Phi) is 5.68. The average molecular weight is 364 g/mol. The number of nitrogens with one attached hydrogen (secondary N) is 1. The van der Waals surface area contributed by atoms with Gasteiger partial charge in [0, 0.05) is 18.0 Å². The topological polar surface area (TPSA) is 77.0 Å². The summed E-state index contributed by atoms with van der Waals surface area (Å²) in [5.74, 6) is 1.20. The number of hydrogen-bond acceptors (Lipinski definition) is 7. The number of rotatable bonds is 7. The molecule has 0 fully saturated rings. The molecule has 0 bridgehead atoms. The third kappa shape index (κ3) is 4.05. The fourth-order valence-electron chi connectivity index (χ4n) is 2.64. The first-order valence-electron chi connectivity index (χ1n) is 7.95. The van der Waals surface area contributed by atoms with Crippen LogP contribution in [0.3, 0.4) is 0 Å². The van der Waals surface area contributed by atoms with Gasteiger partial charge in [0.05, 0.1) is 7.11 Å². The van der Waals surface area contributed by atoms with Crippen LogP contribution in [0, 0.1) is 6.92 Å². The minimum absolute atomic E-state index is 0.120. The molecule has 0 atom stereocenters. The molecule has 0 aromatic carbocycles. The lowest BCUT2D eigenvalue weighted by molar-refractivity contribution is 0.0950. The Hall–Kier alpha value is -1.67. The van der Waals surface area contributed by atoms with Crippen molar-refractivity contribution in [1.29, 1.82) is 0 Å². The normalized spacial score (nSPS) is 12.9. The Morgan fingerprint density at radius 3 is 3.04 bits per heavy atom. The number of nitrogens with zero attached hydrogens (tertiary/aromatic N) is 3. The number of hydrogen-bond donors (Lipinski definition) is 1. The van der Waals surface area contributed by atoms with Gasteiger partial charge in [0.1, 0.15) is 10.6 Å². The second kappa shape index (κ2) is 7.94. The lowest BCUT2D eigenvalue weighted by Crippen LogP contribution is -2.25. The molecule has 0 unspecified atom stereocenters. The third-order valence-corrected chi connectivity index (χ3v) is 5.85. The molecule has 1 aliphatic rings. The van der Waals surface area contributed by atoms with Crippen LogP contribution in [0.1, 0.15) is 39.5 Å². The first kappa shape index (κ1) is 17.2. The van der Waals surface area contributed by atoms with Crippen molar-refractivity contribution in [1.82, 2.24) is 20.5 Å². The smallest absolute Gasteiger partial charge is 0.256 e. The molecule has 2 aromatic heterocycles. The number of carbonyl (C=O) groups excluding carboxylic acids is 1. The van der Waals surface area contributed by atoms with Gasteiger partial charge in [-0.05, 0) is 44.2 Å². The average Bonchev–Trinajstić information content (AvgIpc) is 3.21. The van der Waals surface area contributed by atoms with Crippen molar-refractivity contribution in [3.63, 3.8) is 0 Å². The second-order valence-corrected chi connectivity index (χ2v) is 8.07. The molecule has 24 heavy (non-hydrogen) atoms. The van der Waals surface area contributed by atoms with Crippen LogP contribution in [0.25, 0.3) is 0 Å². The van der Waals surface area contributed by atoms with Crippen LogP contribution >= 0.6 is 23.1 Å². The molecule has 1 aliphatic carbocycles. The number of thioether (sulfide) groups is 1. The van der Waals surface area contributed by atoms with Crippen molar-refractivity contribution >= 4 is 29.0 Å². The largest absolute Gasteiger partial charge is 0.480 e. The summed E-state index contributed by atoms with van der Waals surface area (Å²) < 4.78 is 6.26. The summed E-state index contributed by atoms with van der Waals surface area (Å²) in [6.07, 6.45) is 3.93. The number of ether oxygens (including phenoxy) is 1. The zero-order valence-electron chi connectivity index (χ0n) is 13.8. The number of carbonyl (C=O) groups is 1. The SMILES string of the molecule is COc1nc2c(cc1C(=O)NCCCSc1nnc(C)s1)CCC2. The number of fused-ring (bicyclic) bond motifs is 1. The number of amides is 1. The first-order valence-corrected chi connectivity index (χ1v) is 9.75. The van der Waals surface area contributed by atoms with Crippen molar-refractivity contribution in [2.24, 2.45) is 0 Å². The van der Waals surface area contributed by atoms with Gasteiger partial charge in [-0.1, -0.05) is 23.1 Å². The summed E-state index contributed by atoms with van der Waals surface area (Å²) in [5, 5.41) is 12.0. The van der Waals surface area contributed by atoms with Gasteiger partial charge < -0.3 is 10.1 Å². The van der Waals surface area contributed by atoms with E-state index in [4.69, 9.17) is 4.74 Å². The first-order chi connectivity index (χ1) is 11.7. The summed E-state index contributed by atoms with van der Waals surface area (Å²) in [7, 11) is 1.56. The van der Waals surface area contributed by atoms with Crippen molar-refractivity contribution in [3.05, 3.63) is 27.9 Å². The van der Waals surface area contributed by atoms with E-state index >= 15 is 0 Å². The summed E-state index contributed by atoms with van der Waals surface area (Å²) in [6, 6.07) is 1.93. The second-order valence-electron chi connectivity index (χ2n) is 5.55. The molecule has 0 aliphatic heterocycles. The standard InChI is InChI=1S/C16H20N4O2S2/c1-10-19-20-16(24-10)23-8-4-7-17-14(21)12-9-11-5-3-6-13(11)18-15(12)22-2/h9H,3-8H2,1-2H3,(H,17,21). The fraction of sp³-hybridized carbons (Fsp3) is 0.500. The highest BCUT2D eigenvalue weighted by molar-refractivity contribution is 8.01. The Morgan fingerprint density at radius 2 is 2.29 bits per heavy atom. The number of methoxy groups -OCH3 is 1. The predicted octanol–water partition coefficient (Wildman–Crippen LogP) is 2.65. The highest BCUT2D eigenvalue weighted by Gasteiger charge is 2.20. The molecular formula is C16H20N4O2S2. The number of aromatic nitrogens is 3. The maximum atomic E-state index is 12.4. The van der Waals surface area contributed by atoms with Gasteiger partial charge in [-0.3, -0.25) is 4.79 Å². The van der Waals surface area contributed by atoms with Crippen LogP contribution in [-0.2, 0) is 12.8 Å². The zero-order chi connectivity index (χ0) is 16.9. The molecular weight excluding hydrogens is 344 g/mol. The van der Waals surface area contributed by atoms with Crippen LogP contribution in [0.2, 0.25) is 0 Å². The lowest BCUT2D eigenvalue weighted by atomic mass is 10.1. The van der Waals surface area contributed by atoms with Crippen molar-refractivity contribution in [2.45, 2.75) is 36.9 Å². The van der Waals surface area contributed by atoms with E-state index in [9.17, 15) is 4.79 Å². The third-order valence-electron chi connectivity index (χ3n) is 3.79. The van der Waals surface area contributed by atoms with Crippen LogP contribution in [0.4, 0.5) is 0 Å². The van der Waals surface area contributed by atoms with Crippen LogP contribution in [0.5, 0.6) is 5.88 Å². The summed E-state index contributed by atoms with van der Waals surface area (Å²) in [6.45, 7) is 2.56. The van der Waals surface area contributed by atoms with E-state index in [1.54, 1.807) is 30.2 Å². The van der Waals surface area contributed by atoms with Gasteiger partial charge in [0.2, 0.25) is 5.88 Å². The van der Waals surface area contributed by atoms with Gasteiger partial charge in [-0.25, -0.2) is 4.98 Å². The van der Waals surface area contributed by atoms with Gasteiger partial charge in [-0.2, -0.15) is 0 Å². The maximum absolute atomic E-state index is 12.4. The minimum Gasteiger partial charge on any atom is -0.480 e. The Morgan fingerprint density at radius 1 is 1.42 bits per heavy atom. The Bertz CT molecular complexity index is 733. The van der Waals surface area contributed by atoms with E-state index in [1.807, 2.05) is 13.0 Å². The molecule has 0 saturated carbocycles. The van der Waals surface area contributed by atoms with Crippen molar-refractivity contribution in [3.8, 4) is 5.88 Å². The monoisotopic (exact) mass is 364 g/mol. The quantitative estimate of drug-likeness (QED) is 0.601. The van der Waals surface area contributed by atoms with Gasteiger partial charge in [0.15, 0.2) is 4.34 Å². The molecule has 2 aromatic rings. The molecule has 0 saturated heterocycles. The molecule has 0 spiro atoms. The van der Waals surface area contributed by atoms with Gasteiger partial charge in [0.25, 0.3) is 5.91 Å². The molecule has 8 heteroatoms. The van der Waals surface area contributed by atoms with Crippen LogP contribution in [0.15, 0.2) is 10.4 Å². The summed E-state index contributed by atoms with van der Waals surface area (Å²) in [5.41, 5.74) is 2.76. The molecule has 2 heterocycles. The Balaban J connectivity index is 1.50. The maximum Gasteiger partial charge on any atom is 0.256 e. The fourth-order valence-corrected chi connectivity index (χ4v) is 4.46. The van der Waals surface area contributed by atoms with Crippen LogP contribution in [-0.4, -0.2) is 40.5 Å². The van der Waals surface area contributed by atoms with E-state index in [2.05, 4.69) is 20.5 Å². The van der Waals surface area contributed by atoms with E-state index in [1.165, 1.54) is 5.56 Å². The van der Waals surface area contributed by atoms with E-state index < -0.39 is 0 Å². The summed E-state index contributed by atoms with van der Waals surface area (Å²) in [4.78, 5) is 16.9. The molecule has 0 radical (unpaired) electrons. The number of aryl methyl sites for hydroxylation is 3. The highest BCUT2D eigenvalue weighted by Crippen LogP contribution is 2.26. The molecule has 3 rings (SSSR count). The van der Waals surface area contributed by atoms with E-state index in [0.717, 1.165) is 46.5 Å². The summed E-state index contributed by atoms with van der Waals surface area (Å²) >= 11 is 3.26.